The molecule has 2 amide bonds. The molecule has 1 atom stereocenters. The molecule has 152 valence electrons. The second-order valence-corrected chi connectivity index (χ2v) is 7.19. The molecule has 3 heterocycles. The number of piperidine rings is 1. The number of methoxy groups -OCH3 is 1. The molecule has 2 aromatic rings. The highest BCUT2D eigenvalue weighted by molar-refractivity contribution is 5.74. The van der Waals surface area contributed by atoms with Crippen LogP contribution in [0.2, 0.25) is 0 Å². The van der Waals surface area contributed by atoms with E-state index in [1.54, 1.807) is 7.11 Å². The Balaban J connectivity index is 1.45. The monoisotopic (exact) mass is 386 g/mol. The van der Waals surface area contributed by atoms with Gasteiger partial charge in [-0.1, -0.05) is 6.92 Å². The first kappa shape index (κ1) is 20.4. The lowest BCUT2D eigenvalue weighted by Crippen LogP contribution is -2.48. The topological polar surface area (TPSA) is 79.6 Å². The van der Waals surface area contributed by atoms with Crippen molar-refractivity contribution >= 4 is 6.03 Å². The first-order valence-corrected chi connectivity index (χ1v) is 9.93. The summed E-state index contributed by atoms with van der Waals surface area (Å²) in [6, 6.07) is 7.65. The molecule has 0 radical (unpaired) electrons. The van der Waals surface area contributed by atoms with Crippen molar-refractivity contribution in [2.75, 3.05) is 26.8 Å². The minimum absolute atomic E-state index is 0.177. The number of carbonyl (C=O) groups is 1. The number of ether oxygens (including phenoxy) is 1. The maximum absolute atomic E-state index is 12.5. The van der Waals surface area contributed by atoms with Gasteiger partial charge >= 0.3 is 6.03 Å². The number of hydrogen-bond acceptors (Lipinski definition) is 5. The highest BCUT2D eigenvalue weighted by Crippen LogP contribution is 2.18. The molecule has 7 nitrogen and oxygen atoms in total. The first-order chi connectivity index (χ1) is 13.7. The number of carbonyl (C=O) groups excluding carboxylic acids is 1. The lowest BCUT2D eigenvalue weighted by molar-refractivity contribution is 0.152. The average molecular weight is 386 g/mol. The summed E-state index contributed by atoms with van der Waals surface area (Å²) in [6.07, 6.45) is 6.35. The van der Waals surface area contributed by atoms with Gasteiger partial charge in [-0.2, -0.15) is 0 Å². The number of urea groups is 1. The number of rotatable bonds is 8. The lowest BCUT2D eigenvalue weighted by atomic mass is 10.0. The van der Waals surface area contributed by atoms with Crippen molar-refractivity contribution in [2.45, 2.75) is 44.8 Å². The van der Waals surface area contributed by atoms with Gasteiger partial charge in [0.05, 0.1) is 6.61 Å². The van der Waals surface area contributed by atoms with Crippen LogP contribution in [0.25, 0.3) is 0 Å². The van der Waals surface area contributed by atoms with Crippen LogP contribution in [0.5, 0.6) is 0 Å². The Kier molecular flexibility index (Phi) is 7.45. The molecular formula is C21H30N4O3. The molecule has 0 bridgehead atoms. The molecule has 0 saturated carbocycles. The summed E-state index contributed by atoms with van der Waals surface area (Å²) in [6.45, 7) is 5.26. The zero-order valence-electron chi connectivity index (χ0n) is 16.7. The summed E-state index contributed by atoms with van der Waals surface area (Å²) < 4.78 is 11.0. The van der Waals surface area contributed by atoms with E-state index in [0.717, 1.165) is 50.4 Å². The van der Waals surface area contributed by atoms with Crippen LogP contribution < -0.4 is 10.6 Å². The van der Waals surface area contributed by atoms with E-state index in [2.05, 4.69) is 20.5 Å². The van der Waals surface area contributed by atoms with Gasteiger partial charge < -0.3 is 19.8 Å². The molecule has 7 heteroatoms. The van der Waals surface area contributed by atoms with Gasteiger partial charge in [0.25, 0.3) is 0 Å². The van der Waals surface area contributed by atoms with E-state index in [-0.39, 0.29) is 18.1 Å². The number of aryl methyl sites for hydroxylation is 1. The fraction of sp³-hybridized carbons (Fsp3) is 0.524. The van der Waals surface area contributed by atoms with Crippen LogP contribution in [0.4, 0.5) is 4.79 Å². The van der Waals surface area contributed by atoms with Crippen LogP contribution in [0.1, 0.15) is 42.9 Å². The molecule has 3 rings (SSSR count). The number of furan rings is 1. The number of pyridine rings is 1. The molecule has 28 heavy (non-hydrogen) atoms. The zero-order chi connectivity index (χ0) is 19.8. The molecular weight excluding hydrogens is 356 g/mol. The van der Waals surface area contributed by atoms with Crippen LogP contribution in [-0.4, -0.2) is 48.8 Å². The summed E-state index contributed by atoms with van der Waals surface area (Å²) in [4.78, 5) is 18.9. The van der Waals surface area contributed by atoms with E-state index in [0.29, 0.717) is 6.61 Å². The summed E-state index contributed by atoms with van der Waals surface area (Å²) in [5, 5.41) is 6.08. The third kappa shape index (κ3) is 5.81. The quantitative estimate of drug-likeness (QED) is 0.729. The minimum atomic E-state index is -0.294. The van der Waals surface area contributed by atoms with Crippen molar-refractivity contribution in [3.8, 4) is 0 Å². The third-order valence-corrected chi connectivity index (χ3v) is 5.09. The molecule has 2 aromatic heterocycles. The highest BCUT2D eigenvalue weighted by atomic mass is 16.5. The number of aromatic nitrogens is 1. The van der Waals surface area contributed by atoms with Crippen molar-refractivity contribution in [3.63, 3.8) is 0 Å². The number of hydrogen-bond donors (Lipinski definition) is 2. The lowest BCUT2D eigenvalue weighted by Gasteiger charge is -2.32. The van der Waals surface area contributed by atoms with Crippen molar-refractivity contribution < 1.29 is 13.9 Å². The van der Waals surface area contributed by atoms with Crippen LogP contribution in [0, 0.1) is 0 Å². The smallest absolute Gasteiger partial charge is 0.315 e. The predicted molar refractivity (Wildman–Crippen MR) is 107 cm³/mol. The van der Waals surface area contributed by atoms with Gasteiger partial charge in [0.15, 0.2) is 0 Å². The van der Waals surface area contributed by atoms with Crippen LogP contribution in [0.15, 0.2) is 41.1 Å². The molecule has 2 N–H and O–H groups in total. The number of amides is 2. The van der Waals surface area contributed by atoms with E-state index in [1.807, 2.05) is 43.6 Å². The summed E-state index contributed by atoms with van der Waals surface area (Å²) in [5.74, 6) is 1.63. The first-order valence-electron chi connectivity index (χ1n) is 9.93. The fourth-order valence-corrected chi connectivity index (χ4v) is 3.50. The van der Waals surface area contributed by atoms with Crippen LogP contribution >= 0.6 is 0 Å². The molecule has 0 aromatic carbocycles. The van der Waals surface area contributed by atoms with Gasteiger partial charge in [-0.25, -0.2) is 4.79 Å². The van der Waals surface area contributed by atoms with Gasteiger partial charge in [0.2, 0.25) is 0 Å². The normalized spacial score (nSPS) is 16.6. The Morgan fingerprint density at radius 1 is 1.29 bits per heavy atom. The highest BCUT2D eigenvalue weighted by Gasteiger charge is 2.23. The van der Waals surface area contributed by atoms with E-state index in [1.165, 1.54) is 5.56 Å². The molecule has 1 saturated heterocycles. The molecule has 1 unspecified atom stereocenters. The maximum Gasteiger partial charge on any atom is 0.315 e. The SMILES string of the molecule is CCc1ccc(C(COC)NC(=O)NC2CCN(Cc3ccncc3)CC2)o1. The van der Waals surface area contributed by atoms with Crippen molar-refractivity contribution in [3.05, 3.63) is 53.7 Å². The Morgan fingerprint density at radius 3 is 2.68 bits per heavy atom. The van der Waals surface area contributed by atoms with Gasteiger partial charge in [0.1, 0.15) is 17.6 Å². The Hall–Kier alpha value is -2.38. The van der Waals surface area contributed by atoms with Crippen molar-refractivity contribution in [1.82, 2.24) is 20.5 Å². The van der Waals surface area contributed by atoms with E-state index in [9.17, 15) is 4.79 Å². The second kappa shape index (κ2) is 10.2. The second-order valence-electron chi connectivity index (χ2n) is 7.19. The van der Waals surface area contributed by atoms with Gasteiger partial charge in [-0.05, 0) is 42.7 Å². The summed E-state index contributed by atoms with van der Waals surface area (Å²) in [7, 11) is 1.62. The minimum Gasteiger partial charge on any atom is -0.464 e. The van der Waals surface area contributed by atoms with Crippen molar-refractivity contribution in [1.29, 1.82) is 0 Å². The zero-order valence-corrected chi connectivity index (χ0v) is 16.7. The molecule has 1 aliphatic rings. The van der Waals surface area contributed by atoms with Crippen molar-refractivity contribution in [2.24, 2.45) is 0 Å². The standard InChI is InChI=1S/C21H30N4O3/c1-3-18-4-5-20(28-18)19(15-27-2)24-21(26)23-17-8-12-25(13-9-17)14-16-6-10-22-11-7-16/h4-7,10-11,17,19H,3,8-9,12-15H2,1-2H3,(H2,23,24,26). The molecule has 1 aliphatic heterocycles. The number of likely N-dealkylation sites (tertiary alicyclic amines) is 1. The maximum atomic E-state index is 12.5. The van der Waals surface area contributed by atoms with Gasteiger partial charge in [0, 0.05) is 51.6 Å². The fourth-order valence-electron chi connectivity index (χ4n) is 3.50. The molecule has 0 spiro atoms. The summed E-state index contributed by atoms with van der Waals surface area (Å²) >= 11 is 0. The average Bonchev–Trinajstić information content (AvgIpc) is 3.19. The Morgan fingerprint density at radius 2 is 2.04 bits per heavy atom. The third-order valence-electron chi connectivity index (χ3n) is 5.09. The van der Waals surface area contributed by atoms with Crippen LogP contribution in [0.3, 0.4) is 0 Å². The van der Waals surface area contributed by atoms with E-state index in [4.69, 9.17) is 9.15 Å². The largest absolute Gasteiger partial charge is 0.464 e. The number of nitrogens with zero attached hydrogens (tertiary/aromatic N) is 2. The Bertz CT molecular complexity index is 726. The van der Waals surface area contributed by atoms with Crippen LogP contribution in [-0.2, 0) is 17.7 Å². The summed E-state index contributed by atoms with van der Waals surface area (Å²) in [5.41, 5.74) is 1.27. The number of nitrogens with one attached hydrogen (secondary N) is 2. The van der Waals surface area contributed by atoms with Gasteiger partial charge in [-0.3, -0.25) is 9.88 Å². The van der Waals surface area contributed by atoms with E-state index >= 15 is 0 Å². The van der Waals surface area contributed by atoms with Gasteiger partial charge in [-0.15, -0.1) is 0 Å². The molecule has 1 fully saturated rings. The molecule has 0 aliphatic carbocycles. The Labute approximate surface area is 166 Å². The predicted octanol–water partition coefficient (Wildman–Crippen LogP) is 2.89. The van der Waals surface area contributed by atoms with E-state index < -0.39 is 0 Å².